The Balaban J connectivity index is 2.20. The van der Waals surface area contributed by atoms with E-state index in [1.165, 1.54) is 24.3 Å². The van der Waals surface area contributed by atoms with Gasteiger partial charge in [-0.2, -0.15) is 13.2 Å². The summed E-state index contributed by atoms with van der Waals surface area (Å²) in [5.41, 5.74) is -1.84. The van der Waals surface area contributed by atoms with Gasteiger partial charge in [0.2, 0.25) is 0 Å². The third kappa shape index (κ3) is 4.31. The molecule has 1 N–H and O–H groups in total. The van der Waals surface area contributed by atoms with Crippen LogP contribution in [0.3, 0.4) is 0 Å². The molecule has 0 heterocycles. The van der Waals surface area contributed by atoms with E-state index in [4.69, 9.17) is 34.8 Å². The van der Waals surface area contributed by atoms with Crippen molar-refractivity contribution < 1.29 is 27.9 Å². The van der Waals surface area contributed by atoms with Gasteiger partial charge in [-0.05, 0) is 46.7 Å². The van der Waals surface area contributed by atoms with Gasteiger partial charge in [0.25, 0.3) is 0 Å². The molecule has 3 aromatic carbocycles. The van der Waals surface area contributed by atoms with E-state index in [-0.39, 0.29) is 37.0 Å². The number of rotatable bonds is 4. The van der Waals surface area contributed by atoms with Gasteiger partial charge >= 0.3 is 12.1 Å². The summed E-state index contributed by atoms with van der Waals surface area (Å²) in [5.74, 6) is -2.18. The molecular formula is C21H10Cl3F3O3. The maximum Gasteiger partial charge on any atom is 0.417 e. The van der Waals surface area contributed by atoms with E-state index in [0.717, 1.165) is 12.1 Å². The van der Waals surface area contributed by atoms with Crippen LogP contribution in [-0.4, -0.2) is 23.0 Å². The van der Waals surface area contributed by atoms with E-state index < -0.39 is 29.1 Å². The molecule has 0 aliphatic heterocycles. The maximum atomic E-state index is 13.7. The fourth-order valence-corrected chi connectivity index (χ4v) is 3.55. The van der Waals surface area contributed by atoms with Crippen molar-refractivity contribution in [3.8, 4) is 0 Å². The summed E-state index contributed by atoms with van der Waals surface area (Å²) in [6, 6.07) is 10.3. The summed E-state index contributed by atoms with van der Waals surface area (Å²) in [6.07, 6.45) is -4.47. The number of fused-ring (bicyclic) bond motifs is 1. The summed E-state index contributed by atoms with van der Waals surface area (Å²) >= 11 is 17.5. The number of aromatic carboxylic acids is 1. The average molecular weight is 474 g/mol. The van der Waals surface area contributed by atoms with Crippen LogP contribution in [0.15, 0.2) is 54.6 Å². The van der Waals surface area contributed by atoms with Gasteiger partial charge in [0, 0.05) is 5.56 Å². The summed E-state index contributed by atoms with van der Waals surface area (Å²) in [5, 5.41) is 9.25. The van der Waals surface area contributed by atoms with E-state index >= 15 is 0 Å². The molecule has 0 atom stereocenters. The predicted octanol–water partition coefficient (Wildman–Crippen LogP) is 7.33. The first-order valence-electron chi connectivity index (χ1n) is 8.24. The zero-order valence-corrected chi connectivity index (χ0v) is 17.0. The van der Waals surface area contributed by atoms with Crippen LogP contribution in [0, 0.1) is 0 Å². The minimum Gasteiger partial charge on any atom is -0.478 e. The number of carboxylic acid groups (broad SMARTS) is 1. The molecule has 0 radical (unpaired) electrons. The molecule has 0 unspecified atom stereocenters. The molecule has 3 nitrogen and oxygen atoms in total. The first-order valence-corrected chi connectivity index (χ1v) is 9.37. The van der Waals surface area contributed by atoms with Crippen LogP contribution in [0.2, 0.25) is 15.1 Å². The average Bonchev–Trinajstić information content (AvgIpc) is 2.67. The van der Waals surface area contributed by atoms with Crippen LogP contribution in [0.25, 0.3) is 16.3 Å². The number of ketones is 1. The van der Waals surface area contributed by atoms with Gasteiger partial charge in [-0.1, -0.05) is 59.1 Å². The first-order chi connectivity index (χ1) is 14.0. The van der Waals surface area contributed by atoms with Crippen molar-refractivity contribution in [3.05, 3.63) is 86.4 Å². The highest BCUT2D eigenvalue weighted by molar-refractivity contribution is 6.48. The molecular weight excluding hydrogens is 464 g/mol. The van der Waals surface area contributed by atoms with Gasteiger partial charge in [-0.15, -0.1) is 0 Å². The highest BCUT2D eigenvalue weighted by Gasteiger charge is 2.36. The van der Waals surface area contributed by atoms with Crippen molar-refractivity contribution in [1.29, 1.82) is 0 Å². The topological polar surface area (TPSA) is 54.4 Å². The van der Waals surface area contributed by atoms with Crippen molar-refractivity contribution in [2.24, 2.45) is 0 Å². The molecule has 154 valence electrons. The van der Waals surface area contributed by atoms with Crippen molar-refractivity contribution >= 4 is 62.9 Å². The van der Waals surface area contributed by atoms with Crippen molar-refractivity contribution in [2.45, 2.75) is 6.18 Å². The molecule has 0 aromatic heterocycles. The SMILES string of the molecule is O=C(O)c1ccc(C(=O)/C=C(\c2cc(Cl)c(Cl)c(Cl)c2)C(F)(F)F)c2ccccc12. The lowest BCUT2D eigenvalue weighted by atomic mass is 9.95. The van der Waals surface area contributed by atoms with Crippen molar-refractivity contribution in [2.75, 3.05) is 0 Å². The zero-order chi connectivity index (χ0) is 22.2. The fourth-order valence-electron chi connectivity index (χ4n) is 2.95. The third-order valence-electron chi connectivity index (χ3n) is 4.30. The Hall–Kier alpha value is -2.54. The second-order valence-electron chi connectivity index (χ2n) is 6.19. The standard InChI is InChI=1S/C21H10Cl3F3O3/c22-16-7-10(8-17(23)19(16)24)15(21(25,26)27)9-18(28)13-5-6-14(20(29)30)12-4-2-1-3-11(12)13/h1-9H,(H,29,30)/b15-9+. The van der Waals surface area contributed by atoms with Crippen molar-refractivity contribution in [1.82, 2.24) is 0 Å². The molecule has 0 aliphatic rings. The summed E-state index contributed by atoms with van der Waals surface area (Å²) < 4.78 is 41.1. The zero-order valence-electron chi connectivity index (χ0n) is 14.7. The van der Waals surface area contributed by atoms with Crippen LogP contribution in [0.4, 0.5) is 13.2 Å². The van der Waals surface area contributed by atoms with Crippen LogP contribution in [0.1, 0.15) is 26.3 Å². The summed E-state index contributed by atoms with van der Waals surface area (Å²) in [4.78, 5) is 24.2. The van der Waals surface area contributed by atoms with E-state index in [1.54, 1.807) is 12.1 Å². The van der Waals surface area contributed by atoms with E-state index in [0.29, 0.717) is 6.08 Å². The first kappa shape index (κ1) is 22.2. The number of hydrogen-bond donors (Lipinski definition) is 1. The Bertz CT molecular complexity index is 1190. The molecule has 3 aromatic rings. The smallest absolute Gasteiger partial charge is 0.417 e. The van der Waals surface area contributed by atoms with Crippen molar-refractivity contribution in [3.63, 3.8) is 0 Å². The highest BCUT2D eigenvalue weighted by atomic mass is 35.5. The molecule has 0 saturated carbocycles. The largest absolute Gasteiger partial charge is 0.478 e. The van der Waals surface area contributed by atoms with Gasteiger partial charge < -0.3 is 5.11 Å². The molecule has 30 heavy (non-hydrogen) atoms. The third-order valence-corrected chi connectivity index (χ3v) is 5.49. The Labute approximate surface area is 183 Å². The number of allylic oxidation sites excluding steroid dienone is 2. The lowest BCUT2D eigenvalue weighted by Crippen LogP contribution is -2.13. The van der Waals surface area contributed by atoms with Gasteiger partial charge in [-0.25, -0.2) is 4.79 Å². The second-order valence-corrected chi connectivity index (χ2v) is 7.38. The van der Waals surface area contributed by atoms with Gasteiger partial charge in [-0.3, -0.25) is 4.79 Å². The summed E-state index contributed by atoms with van der Waals surface area (Å²) in [7, 11) is 0. The number of carboxylic acids is 1. The number of benzene rings is 3. The molecule has 3 rings (SSSR count). The second kappa shape index (κ2) is 8.30. The molecule has 0 amide bonds. The highest BCUT2D eigenvalue weighted by Crippen LogP contribution is 2.39. The predicted molar refractivity (Wildman–Crippen MR) is 111 cm³/mol. The fraction of sp³-hybridized carbons (Fsp3) is 0.0476. The summed E-state index contributed by atoms with van der Waals surface area (Å²) in [6.45, 7) is 0. The lowest BCUT2D eigenvalue weighted by molar-refractivity contribution is -0.0689. The molecule has 9 heteroatoms. The van der Waals surface area contributed by atoms with Crippen LogP contribution in [0.5, 0.6) is 0 Å². The number of carbonyl (C=O) groups excluding carboxylic acids is 1. The lowest BCUT2D eigenvalue weighted by Gasteiger charge is -2.14. The molecule has 0 bridgehead atoms. The monoisotopic (exact) mass is 472 g/mol. The number of carbonyl (C=O) groups is 2. The minimum absolute atomic E-state index is 0.0709. The minimum atomic E-state index is -4.90. The normalized spacial score (nSPS) is 12.3. The van der Waals surface area contributed by atoms with Gasteiger partial charge in [0.15, 0.2) is 5.78 Å². The van der Waals surface area contributed by atoms with Gasteiger partial charge in [0.05, 0.1) is 26.2 Å². The number of hydrogen-bond acceptors (Lipinski definition) is 2. The Kier molecular flexibility index (Phi) is 6.13. The Morgan fingerprint density at radius 2 is 1.37 bits per heavy atom. The van der Waals surface area contributed by atoms with E-state index in [1.807, 2.05) is 0 Å². The van der Waals surface area contributed by atoms with Crippen LogP contribution < -0.4 is 0 Å². The quantitative estimate of drug-likeness (QED) is 0.245. The number of alkyl halides is 3. The molecule has 0 saturated heterocycles. The van der Waals surface area contributed by atoms with Crippen LogP contribution >= 0.6 is 34.8 Å². The maximum absolute atomic E-state index is 13.7. The number of halogens is 6. The molecule has 0 aliphatic carbocycles. The van der Waals surface area contributed by atoms with Crippen LogP contribution in [-0.2, 0) is 0 Å². The molecule has 0 spiro atoms. The van der Waals surface area contributed by atoms with Gasteiger partial charge in [0.1, 0.15) is 0 Å². The van der Waals surface area contributed by atoms with E-state index in [9.17, 15) is 27.9 Å². The molecule has 0 fully saturated rings. The Morgan fingerprint density at radius 3 is 1.87 bits per heavy atom. The Morgan fingerprint density at radius 1 is 0.867 bits per heavy atom. The van der Waals surface area contributed by atoms with E-state index in [2.05, 4.69) is 0 Å².